The molecule has 0 saturated heterocycles. The second-order valence-electron chi connectivity index (χ2n) is 3.20. The smallest absolute Gasteiger partial charge is 0.312 e. The van der Waals surface area contributed by atoms with Crippen molar-refractivity contribution < 1.29 is 4.42 Å². The average Bonchev–Trinajstić information content (AvgIpc) is 2.54. The molecule has 0 aliphatic heterocycles. The van der Waals surface area contributed by atoms with Gasteiger partial charge in [-0.2, -0.15) is 9.97 Å². The summed E-state index contributed by atoms with van der Waals surface area (Å²) in [6, 6.07) is 5.21. The highest BCUT2D eigenvalue weighted by molar-refractivity contribution is 7.71. The number of nitrogen functional groups attached to an aromatic ring is 1. The maximum Gasteiger partial charge on any atom is 0.312 e. The van der Waals surface area contributed by atoms with Gasteiger partial charge in [0.05, 0.1) is 5.52 Å². The average molecular weight is 253 g/mol. The molecule has 1 aromatic carbocycles. The Labute approximate surface area is 99.5 Å². The third-order valence-corrected chi connectivity index (χ3v) is 2.68. The zero-order valence-corrected chi connectivity index (χ0v) is 9.42. The van der Waals surface area contributed by atoms with E-state index in [9.17, 15) is 0 Å². The quantitative estimate of drug-likeness (QED) is 0.623. The molecule has 2 aromatic heterocycles. The summed E-state index contributed by atoms with van der Waals surface area (Å²) in [5.74, 6) is 0.407. The van der Waals surface area contributed by atoms with Gasteiger partial charge in [-0.25, -0.2) is 4.40 Å². The number of fused-ring (bicyclic) bond motifs is 3. The molecule has 0 spiro atoms. The Bertz CT molecular complexity index is 763. The molecule has 2 N–H and O–H groups in total. The lowest BCUT2D eigenvalue weighted by Crippen LogP contribution is -1.99. The summed E-state index contributed by atoms with van der Waals surface area (Å²) in [5, 5.41) is 0.592. The van der Waals surface area contributed by atoms with E-state index in [-0.39, 0.29) is 5.95 Å². The fourth-order valence-electron chi connectivity index (χ4n) is 1.53. The minimum atomic E-state index is 0.0927. The molecule has 0 aliphatic carbocycles. The highest BCUT2D eigenvalue weighted by atomic mass is 35.5. The number of nitrogens with zero attached hydrogens (tertiary/aromatic N) is 3. The predicted molar refractivity (Wildman–Crippen MR) is 63.0 cm³/mol. The molecule has 7 heteroatoms. The predicted octanol–water partition coefficient (Wildman–Crippen LogP) is 2.44. The van der Waals surface area contributed by atoms with Gasteiger partial charge < -0.3 is 10.2 Å². The Morgan fingerprint density at radius 1 is 1.38 bits per heavy atom. The van der Waals surface area contributed by atoms with E-state index in [0.717, 1.165) is 5.52 Å². The summed E-state index contributed by atoms with van der Waals surface area (Å²) in [5.41, 5.74) is 6.85. The van der Waals surface area contributed by atoms with Gasteiger partial charge in [0.2, 0.25) is 10.7 Å². The molecule has 0 radical (unpaired) electrons. The molecule has 0 atom stereocenters. The van der Waals surface area contributed by atoms with Crippen LogP contribution < -0.4 is 5.73 Å². The molecular weight excluding hydrogens is 248 g/mol. The fraction of sp³-hybridized carbons (Fsp3) is 0. The maximum atomic E-state index is 5.91. The third kappa shape index (κ3) is 1.27. The lowest BCUT2D eigenvalue weighted by Gasteiger charge is -1.94. The van der Waals surface area contributed by atoms with Gasteiger partial charge in [-0.1, -0.05) is 11.6 Å². The number of hydrogen-bond donors (Lipinski definition) is 1. The van der Waals surface area contributed by atoms with Gasteiger partial charge in [-0.05, 0) is 30.4 Å². The molecule has 0 bridgehead atoms. The maximum absolute atomic E-state index is 5.91. The Balaban J connectivity index is 2.63. The summed E-state index contributed by atoms with van der Waals surface area (Å²) >= 11 is 11.0. The van der Waals surface area contributed by atoms with Gasteiger partial charge in [0.15, 0.2) is 5.58 Å². The number of rotatable bonds is 0. The summed E-state index contributed by atoms with van der Waals surface area (Å²) in [7, 11) is 0. The van der Waals surface area contributed by atoms with Crippen LogP contribution >= 0.6 is 23.8 Å². The Kier molecular flexibility index (Phi) is 1.89. The molecule has 0 amide bonds. The lowest BCUT2D eigenvalue weighted by molar-refractivity contribution is 0.632. The van der Waals surface area contributed by atoms with Crippen LogP contribution in [-0.4, -0.2) is 14.4 Å². The normalized spacial score (nSPS) is 11.3. The number of aromatic nitrogens is 3. The van der Waals surface area contributed by atoms with E-state index in [0.29, 0.717) is 21.2 Å². The highest BCUT2D eigenvalue weighted by Gasteiger charge is 2.09. The van der Waals surface area contributed by atoms with E-state index in [1.54, 1.807) is 22.6 Å². The van der Waals surface area contributed by atoms with Crippen LogP contribution in [0.3, 0.4) is 0 Å². The second kappa shape index (κ2) is 3.16. The zero-order valence-electron chi connectivity index (χ0n) is 7.85. The first-order valence-electron chi connectivity index (χ1n) is 4.39. The molecule has 0 saturated carbocycles. The molecule has 3 rings (SSSR count). The Morgan fingerprint density at radius 2 is 2.19 bits per heavy atom. The van der Waals surface area contributed by atoms with Crippen molar-refractivity contribution >= 4 is 46.7 Å². The minimum Gasteiger partial charge on any atom is -0.423 e. The van der Waals surface area contributed by atoms with Crippen molar-refractivity contribution in [3.63, 3.8) is 0 Å². The molecule has 0 fully saturated rings. The number of anilines is 1. The van der Waals surface area contributed by atoms with Crippen LogP contribution in [-0.2, 0) is 0 Å². The molecule has 3 aromatic rings. The van der Waals surface area contributed by atoms with E-state index >= 15 is 0 Å². The molecule has 16 heavy (non-hydrogen) atoms. The molecule has 2 heterocycles. The lowest BCUT2D eigenvalue weighted by atomic mass is 10.3. The summed E-state index contributed by atoms with van der Waals surface area (Å²) in [6.45, 7) is 0. The van der Waals surface area contributed by atoms with Crippen molar-refractivity contribution in [2.75, 3.05) is 5.73 Å². The van der Waals surface area contributed by atoms with Gasteiger partial charge in [0.25, 0.3) is 0 Å². The first-order valence-corrected chi connectivity index (χ1v) is 5.18. The minimum absolute atomic E-state index is 0.0927. The van der Waals surface area contributed by atoms with Crippen LogP contribution in [0.25, 0.3) is 16.9 Å². The zero-order chi connectivity index (χ0) is 11.3. The number of hydrogen-bond acceptors (Lipinski definition) is 5. The summed E-state index contributed by atoms with van der Waals surface area (Å²) in [6.07, 6.45) is 0. The van der Waals surface area contributed by atoms with Gasteiger partial charge in [-0.3, -0.25) is 0 Å². The van der Waals surface area contributed by atoms with Crippen LogP contribution in [0, 0.1) is 4.77 Å². The molecule has 0 unspecified atom stereocenters. The van der Waals surface area contributed by atoms with Gasteiger partial charge in [0.1, 0.15) is 0 Å². The largest absolute Gasteiger partial charge is 0.423 e. The Morgan fingerprint density at radius 3 is 3.00 bits per heavy atom. The monoisotopic (exact) mass is 252 g/mol. The van der Waals surface area contributed by atoms with Crippen LogP contribution in [0.15, 0.2) is 22.6 Å². The number of halogens is 1. The SMILES string of the molecule is Nc1nc(=S)n2c(n1)oc1ccc(Cl)cc12. The summed E-state index contributed by atoms with van der Waals surface area (Å²) < 4.78 is 7.36. The number of nitrogens with two attached hydrogens (primary N) is 1. The molecule has 80 valence electrons. The van der Waals surface area contributed by atoms with Crippen molar-refractivity contribution in [3.8, 4) is 0 Å². The topological polar surface area (TPSA) is 69.3 Å². The third-order valence-electron chi connectivity index (χ3n) is 2.17. The van der Waals surface area contributed by atoms with E-state index in [2.05, 4.69) is 9.97 Å². The number of benzene rings is 1. The van der Waals surface area contributed by atoms with Crippen LogP contribution in [0.5, 0.6) is 0 Å². The van der Waals surface area contributed by atoms with Crippen molar-refractivity contribution in [1.82, 2.24) is 14.4 Å². The van der Waals surface area contributed by atoms with Crippen molar-refractivity contribution in [2.24, 2.45) is 0 Å². The van der Waals surface area contributed by atoms with E-state index in [1.807, 2.05) is 0 Å². The van der Waals surface area contributed by atoms with Gasteiger partial charge in [0, 0.05) is 5.02 Å². The van der Waals surface area contributed by atoms with E-state index < -0.39 is 0 Å². The molecular formula is C9H5ClN4OS. The van der Waals surface area contributed by atoms with Crippen molar-refractivity contribution in [1.29, 1.82) is 0 Å². The van der Waals surface area contributed by atoms with Crippen LogP contribution in [0.2, 0.25) is 5.02 Å². The van der Waals surface area contributed by atoms with Crippen molar-refractivity contribution in [3.05, 3.63) is 28.0 Å². The molecule has 5 nitrogen and oxygen atoms in total. The van der Waals surface area contributed by atoms with E-state index in [4.69, 9.17) is 34.0 Å². The van der Waals surface area contributed by atoms with Crippen LogP contribution in [0.1, 0.15) is 0 Å². The number of oxazole rings is 1. The second-order valence-corrected chi connectivity index (χ2v) is 4.00. The fourth-order valence-corrected chi connectivity index (χ4v) is 1.96. The standard InChI is InChI=1S/C9H5ClN4OS/c10-4-1-2-6-5(3-4)14-8(15-6)12-7(11)13-9(14)16/h1-3H,(H2,11,13,16). The van der Waals surface area contributed by atoms with Crippen LogP contribution in [0.4, 0.5) is 5.95 Å². The van der Waals surface area contributed by atoms with Gasteiger partial charge in [-0.15, -0.1) is 0 Å². The summed E-state index contributed by atoms with van der Waals surface area (Å²) in [4.78, 5) is 7.85. The first kappa shape index (κ1) is 9.56. The van der Waals surface area contributed by atoms with Gasteiger partial charge >= 0.3 is 5.84 Å². The highest BCUT2D eigenvalue weighted by Crippen LogP contribution is 2.23. The first-order chi connectivity index (χ1) is 7.65. The van der Waals surface area contributed by atoms with E-state index in [1.165, 1.54) is 0 Å². The Hall–Kier alpha value is -1.66. The van der Waals surface area contributed by atoms with Crippen molar-refractivity contribution in [2.45, 2.75) is 0 Å². The molecule has 0 aliphatic rings.